The Bertz CT molecular complexity index is 618. The van der Waals surface area contributed by atoms with Crippen molar-refractivity contribution < 1.29 is 9.26 Å². The standard InChI is InChI=1S/C18H23N3O2/c1-15-19-18(20-23-15)14-21(13-17-10-6-12-22-17)11-5-9-16-7-3-2-4-8-16/h2-5,7-9,17H,6,10-14H2,1H3. The molecule has 0 N–H and O–H groups in total. The molecule has 0 amide bonds. The van der Waals surface area contributed by atoms with Crippen LogP contribution >= 0.6 is 0 Å². The fourth-order valence-electron chi connectivity index (χ4n) is 2.79. The molecule has 0 radical (unpaired) electrons. The molecule has 0 aliphatic carbocycles. The third-order valence-electron chi connectivity index (χ3n) is 3.89. The molecular formula is C18H23N3O2. The minimum atomic E-state index is 0.313. The summed E-state index contributed by atoms with van der Waals surface area (Å²) >= 11 is 0. The van der Waals surface area contributed by atoms with Crippen molar-refractivity contribution in [3.05, 3.63) is 53.7 Å². The first kappa shape index (κ1) is 15.9. The molecule has 1 fully saturated rings. The number of nitrogens with zero attached hydrogens (tertiary/aromatic N) is 3. The summed E-state index contributed by atoms with van der Waals surface area (Å²) in [6.45, 7) is 5.10. The number of rotatable bonds is 7. The molecule has 0 bridgehead atoms. The van der Waals surface area contributed by atoms with Crippen LogP contribution in [-0.2, 0) is 11.3 Å². The molecule has 0 saturated carbocycles. The molecule has 122 valence electrons. The van der Waals surface area contributed by atoms with Gasteiger partial charge in [0.05, 0.1) is 12.6 Å². The lowest BCUT2D eigenvalue weighted by Crippen LogP contribution is -2.32. The maximum absolute atomic E-state index is 5.76. The number of hydrogen-bond donors (Lipinski definition) is 0. The number of aryl methyl sites for hydroxylation is 1. The van der Waals surface area contributed by atoms with Crippen LogP contribution < -0.4 is 0 Å². The molecule has 1 aliphatic rings. The summed E-state index contributed by atoms with van der Waals surface area (Å²) < 4.78 is 10.8. The highest BCUT2D eigenvalue weighted by atomic mass is 16.5. The van der Waals surface area contributed by atoms with E-state index in [0.717, 1.165) is 38.4 Å². The normalized spacial score (nSPS) is 18.3. The quantitative estimate of drug-likeness (QED) is 0.786. The Morgan fingerprint density at radius 1 is 1.30 bits per heavy atom. The van der Waals surface area contributed by atoms with Crippen LogP contribution in [0.2, 0.25) is 0 Å². The molecule has 1 aromatic carbocycles. The van der Waals surface area contributed by atoms with Gasteiger partial charge in [-0.05, 0) is 18.4 Å². The van der Waals surface area contributed by atoms with Crippen molar-refractivity contribution in [2.45, 2.75) is 32.4 Å². The SMILES string of the molecule is Cc1nc(CN(CC=Cc2ccccc2)CC2CCCO2)no1. The predicted octanol–water partition coefficient (Wildman–Crippen LogP) is 3.07. The van der Waals surface area contributed by atoms with Crippen LogP contribution in [0.15, 0.2) is 40.9 Å². The molecule has 23 heavy (non-hydrogen) atoms. The van der Waals surface area contributed by atoms with Crippen LogP contribution in [0.1, 0.15) is 30.1 Å². The van der Waals surface area contributed by atoms with Gasteiger partial charge in [0.2, 0.25) is 5.89 Å². The number of hydrogen-bond acceptors (Lipinski definition) is 5. The van der Waals surface area contributed by atoms with Crippen LogP contribution in [0.25, 0.3) is 6.08 Å². The van der Waals surface area contributed by atoms with Crippen LogP contribution in [0, 0.1) is 6.92 Å². The van der Waals surface area contributed by atoms with E-state index in [-0.39, 0.29) is 0 Å². The summed E-state index contributed by atoms with van der Waals surface area (Å²) in [6, 6.07) is 10.3. The lowest BCUT2D eigenvalue weighted by Gasteiger charge is -2.22. The Morgan fingerprint density at radius 2 is 2.17 bits per heavy atom. The molecular weight excluding hydrogens is 290 g/mol. The van der Waals surface area contributed by atoms with E-state index in [4.69, 9.17) is 9.26 Å². The molecule has 1 aromatic heterocycles. The number of ether oxygens (including phenoxy) is 1. The Hall–Kier alpha value is -1.98. The summed E-state index contributed by atoms with van der Waals surface area (Å²) in [5.41, 5.74) is 1.21. The van der Waals surface area contributed by atoms with E-state index < -0.39 is 0 Å². The van der Waals surface area contributed by atoms with Gasteiger partial charge >= 0.3 is 0 Å². The van der Waals surface area contributed by atoms with Crippen LogP contribution in [0.4, 0.5) is 0 Å². The first-order valence-corrected chi connectivity index (χ1v) is 8.14. The first-order chi connectivity index (χ1) is 11.3. The zero-order valence-corrected chi connectivity index (χ0v) is 13.5. The van der Waals surface area contributed by atoms with Crippen molar-refractivity contribution in [1.82, 2.24) is 15.0 Å². The lowest BCUT2D eigenvalue weighted by molar-refractivity contribution is 0.0736. The predicted molar refractivity (Wildman–Crippen MR) is 88.8 cm³/mol. The lowest BCUT2D eigenvalue weighted by atomic mass is 10.2. The zero-order valence-electron chi connectivity index (χ0n) is 13.5. The third-order valence-corrected chi connectivity index (χ3v) is 3.89. The van der Waals surface area contributed by atoms with Crippen LogP contribution in [0.5, 0.6) is 0 Å². The van der Waals surface area contributed by atoms with E-state index in [9.17, 15) is 0 Å². The molecule has 1 aliphatic heterocycles. The van der Waals surface area contributed by atoms with E-state index in [0.29, 0.717) is 18.5 Å². The average molecular weight is 313 g/mol. The van der Waals surface area contributed by atoms with E-state index in [1.165, 1.54) is 5.56 Å². The summed E-state index contributed by atoms with van der Waals surface area (Å²) in [4.78, 5) is 6.61. The summed E-state index contributed by atoms with van der Waals surface area (Å²) in [5.74, 6) is 1.34. The largest absolute Gasteiger partial charge is 0.377 e. The van der Waals surface area contributed by atoms with Gasteiger partial charge in [0.15, 0.2) is 5.82 Å². The van der Waals surface area contributed by atoms with Crippen molar-refractivity contribution in [2.24, 2.45) is 0 Å². The fourth-order valence-corrected chi connectivity index (χ4v) is 2.79. The second kappa shape index (κ2) is 8.04. The van der Waals surface area contributed by atoms with E-state index in [1.54, 1.807) is 0 Å². The minimum absolute atomic E-state index is 0.313. The van der Waals surface area contributed by atoms with Crippen molar-refractivity contribution in [3.63, 3.8) is 0 Å². The maximum Gasteiger partial charge on any atom is 0.223 e. The van der Waals surface area contributed by atoms with Gasteiger partial charge in [-0.15, -0.1) is 0 Å². The van der Waals surface area contributed by atoms with Crippen molar-refractivity contribution in [1.29, 1.82) is 0 Å². The maximum atomic E-state index is 5.76. The summed E-state index contributed by atoms with van der Waals surface area (Å²) in [6.07, 6.45) is 6.92. The van der Waals surface area contributed by atoms with Gasteiger partial charge in [-0.3, -0.25) is 4.90 Å². The van der Waals surface area contributed by atoms with E-state index in [2.05, 4.69) is 39.3 Å². The van der Waals surface area contributed by atoms with Gasteiger partial charge < -0.3 is 9.26 Å². The highest BCUT2D eigenvalue weighted by Gasteiger charge is 2.20. The Labute approximate surface area is 137 Å². The Morgan fingerprint density at radius 3 is 2.87 bits per heavy atom. The van der Waals surface area contributed by atoms with Gasteiger partial charge in [0, 0.05) is 26.6 Å². The van der Waals surface area contributed by atoms with Gasteiger partial charge in [-0.25, -0.2) is 0 Å². The number of benzene rings is 1. The minimum Gasteiger partial charge on any atom is -0.377 e. The molecule has 1 unspecified atom stereocenters. The van der Waals surface area contributed by atoms with Crippen molar-refractivity contribution in [2.75, 3.05) is 19.7 Å². The smallest absolute Gasteiger partial charge is 0.223 e. The highest BCUT2D eigenvalue weighted by molar-refractivity contribution is 5.48. The van der Waals surface area contributed by atoms with Crippen LogP contribution in [0.3, 0.4) is 0 Å². The molecule has 0 spiro atoms. The Balaban J connectivity index is 1.60. The van der Waals surface area contributed by atoms with Crippen molar-refractivity contribution in [3.8, 4) is 0 Å². The Kier molecular flexibility index (Phi) is 5.56. The third kappa shape index (κ3) is 5.01. The summed E-state index contributed by atoms with van der Waals surface area (Å²) in [7, 11) is 0. The van der Waals surface area contributed by atoms with Gasteiger partial charge in [0.25, 0.3) is 0 Å². The first-order valence-electron chi connectivity index (χ1n) is 8.14. The van der Waals surface area contributed by atoms with E-state index >= 15 is 0 Å². The molecule has 1 atom stereocenters. The van der Waals surface area contributed by atoms with Crippen molar-refractivity contribution >= 4 is 6.08 Å². The topological polar surface area (TPSA) is 51.4 Å². The van der Waals surface area contributed by atoms with Gasteiger partial charge in [-0.1, -0.05) is 47.6 Å². The second-order valence-corrected chi connectivity index (χ2v) is 5.87. The molecule has 1 saturated heterocycles. The average Bonchev–Trinajstić information content (AvgIpc) is 3.20. The highest BCUT2D eigenvalue weighted by Crippen LogP contribution is 2.15. The van der Waals surface area contributed by atoms with Gasteiger partial charge in [0.1, 0.15) is 0 Å². The summed E-state index contributed by atoms with van der Waals surface area (Å²) in [5, 5.41) is 4.00. The van der Waals surface area contributed by atoms with Crippen LogP contribution in [-0.4, -0.2) is 40.8 Å². The molecule has 2 aromatic rings. The monoisotopic (exact) mass is 313 g/mol. The molecule has 5 nitrogen and oxygen atoms in total. The molecule has 3 rings (SSSR count). The zero-order chi connectivity index (χ0) is 15.9. The molecule has 5 heteroatoms. The fraction of sp³-hybridized carbons (Fsp3) is 0.444. The van der Waals surface area contributed by atoms with Gasteiger partial charge in [-0.2, -0.15) is 4.98 Å². The van der Waals surface area contributed by atoms with E-state index in [1.807, 2.05) is 25.1 Å². The number of aromatic nitrogens is 2. The second-order valence-electron chi connectivity index (χ2n) is 5.87. The molecule has 2 heterocycles.